The average molecular weight is 273 g/mol. The largest absolute Gasteiger partial charge is 0.496 e. The molecule has 1 aromatic carbocycles. The van der Waals surface area contributed by atoms with E-state index in [1.807, 2.05) is 26.0 Å². The first kappa shape index (κ1) is 13.6. The van der Waals surface area contributed by atoms with Gasteiger partial charge in [-0.15, -0.1) is 0 Å². The van der Waals surface area contributed by atoms with E-state index in [-0.39, 0.29) is 5.92 Å². The predicted octanol–water partition coefficient (Wildman–Crippen LogP) is 2.88. The molecule has 1 spiro atoms. The maximum absolute atomic E-state index is 12.8. The van der Waals surface area contributed by atoms with Crippen molar-refractivity contribution in [3.8, 4) is 5.75 Å². The molecule has 1 unspecified atom stereocenters. The number of carbonyl (C=O) groups is 1. The summed E-state index contributed by atoms with van der Waals surface area (Å²) in [5.74, 6) is 1.46. The Labute approximate surface area is 120 Å². The molecule has 1 saturated carbocycles. The lowest BCUT2D eigenvalue weighted by Gasteiger charge is -2.23. The molecule has 3 rings (SSSR count). The number of hydrogen-bond donors (Lipinski definition) is 1. The summed E-state index contributed by atoms with van der Waals surface area (Å²) in [7, 11) is 1.67. The number of hydrogen-bond acceptors (Lipinski definition) is 3. The van der Waals surface area contributed by atoms with Gasteiger partial charge in [0.25, 0.3) is 0 Å². The zero-order valence-electron chi connectivity index (χ0n) is 12.6. The third kappa shape index (κ3) is 2.14. The van der Waals surface area contributed by atoms with Gasteiger partial charge >= 0.3 is 0 Å². The van der Waals surface area contributed by atoms with E-state index in [0.29, 0.717) is 11.2 Å². The third-order valence-corrected chi connectivity index (χ3v) is 5.11. The topological polar surface area (TPSA) is 38.3 Å². The van der Waals surface area contributed by atoms with Crippen molar-refractivity contribution in [2.75, 3.05) is 20.2 Å². The van der Waals surface area contributed by atoms with Crippen molar-refractivity contribution in [1.82, 2.24) is 5.32 Å². The van der Waals surface area contributed by atoms with E-state index in [0.717, 1.165) is 54.8 Å². The first-order chi connectivity index (χ1) is 9.57. The van der Waals surface area contributed by atoms with Crippen molar-refractivity contribution >= 4 is 5.78 Å². The minimum absolute atomic E-state index is 0.246. The van der Waals surface area contributed by atoms with E-state index in [9.17, 15) is 4.79 Å². The highest BCUT2D eigenvalue weighted by Crippen LogP contribution is 2.59. The van der Waals surface area contributed by atoms with Crippen molar-refractivity contribution in [1.29, 1.82) is 0 Å². The summed E-state index contributed by atoms with van der Waals surface area (Å²) < 4.78 is 5.33. The van der Waals surface area contributed by atoms with Gasteiger partial charge in [-0.05, 0) is 74.9 Å². The Kier molecular flexibility index (Phi) is 3.33. The zero-order valence-corrected chi connectivity index (χ0v) is 12.6. The summed E-state index contributed by atoms with van der Waals surface area (Å²) in [5.41, 5.74) is 3.28. The van der Waals surface area contributed by atoms with Crippen molar-refractivity contribution < 1.29 is 9.53 Å². The third-order valence-electron chi connectivity index (χ3n) is 5.11. The van der Waals surface area contributed by atoms with Crippen LogP contribution in [0.15, 0.2) is 12.1 Å². The average Bonchev–Trinajstić information content (AvgIpc) is 3.14. The molecule has 0 radical (unpaired) electrons. The van der Waals surface area contributed by atoms with Gasteiger partial charge in [-0.3, -0.25) is 4.79 Å². The molecule has 1 aliphatic carbocycles. The Bertz CT molecular complexity index is 544. The van der Waals surface area contributed by atoms with Crippen LogP contribution in [0.1, 0.15) is 40.7 Å². The summed E-state index contributed by atoms with van der Waals surface area (Å²) in [6, 6.07) is 3.99. The Balaban J connectivity index is 1.83. The monoisotopic (exact) mass is 273 g/mol. The van der Waals surface area contributed by atoms with E-state index in [4.69, 9.17) is 4.74 Å². The van der Waals surface area contributed by atoms with E-state index in [1.165, 1.54) is 0 Å². The van der Waals surface area contributed by atoms with Crippen LogP contribution in [0.3, 0.4) is 0 Å². The van der Waals surface area contributed by atoms with Gasteiger partial charge in [0, 0.05) is 11.5 Å². The first-order valence-corrected chi connectivity index (χ1v) is 7.47. The molecule has 2 aliphatic rings. The minimum Gasteiger partial charge on any atom is -0.496 e. The van der Waals surface area contributed by atoms with Crippen LogP contribution >= 0.6 is 0 Å². The molecular weight excluding hydrogens is 250 g/mol. The van der Waals surface area contributed by atoms with Gasteiger partial charge in [-0.2, -0.15) is 0 Å². The van der Waals surface area contributed by atoms with Gasteiger partial charge < -0.3 is 10.1 Å². The van der Waals surface area contributed by atoms with Crippen molar-refractivity contribution in [2.24, 2.45) is 11.3 Å². The summed E-state index contributed by atoms with van der Waals surface area (Å²) >= 11 is 0. The number of methoxy groups -OCH3 is 1. The summed E-state index contributed by atoms with van der Waals surface area (Å²) in [6.07, 6.45) is 3.38. The molecule has 1 atom stereocenters. The second-order valence-corrected chi connectivity index (χ2v) is 6.37. The highest BCUT2D eigenvalue weighted by molar-refractivity contribution is 6.01. The van der Waals surface area contributed by atoms with Crippen LogP contribution in [0.4, 0.5) is 0 Å². The Morgan fingerprint density at radius 3 is 2.60 bits per heavy atom. The van der Waals surface area contributed by atoms with Gasteiger partial charge in [0.1, 0.15) is 5.75 Å². The van der Waals surface area contributed by atoms with Crippen LogP contribution in [0.25, 0.3) is 0 Å². The lowest BCUT2D eigenvalue weighted by molar-refractivity contribution is 0.0940. The number of ether oxygens (including phenoxy) is 1. The molecule has 1 saturated heterocycles. The lowest BCUT2D eigenvalue weighted by Crippen LogP contribution is -2.30. The zero-order chi connectivity index (χ0) is 14.3. The van der Waals surface area contributed by atoms with Gasteiger partial charge in [0.2, 0.25) is 0 Å². The van der Waals surface area contributed by atoms with E-state index < -0.39 is 0 Å². The summed E-state index contributed by atoms with van der Waals surface area (Å²) in [4.78, 5) is 12.8. The molecule has 0 bridgehead atoms. The molecule has 1 N–H and O–H groups in total. The number of carbonyl (C=O) groups excluding carboxylic acids is 1. The van der Waals surface area contributed by atoms with Crippen LogP contribution in [0.2, 0.25) is 0 Å². The smallest absolute Gasteiger partial charge is 0.166 e. The lowest BCUT2D eigenvalue weighted by atomic mass is 9.88. The molecule has 108 valence electrons. The molecule has 0 aromatic heterocycles. The molecule has 3 heteroatoms. The second kappa shape index (κ2) is 4.88. The Morgan fingerprint density at radius 1 is 1.25 bits per heavy atom. The maximum atomic E-state index is 12.8. The normalized spacial score (nSPS) is 23.6. The standard InChI is InChI=1S/C17H23NO2/c1-11-9-15(20-3)12(2)8-13(11)16(19)14-10-17(14)4-6-18-7-5-17/h8-9,14,18H,4-7,10H2,1-3H3. The highest BCUT2D eigenvalue weighted by Gasteiger charge is 2.57. The van der Waals surface area contributed by atoms with Crippen LogP contribution in [0, 0.1) is 25.2 Å². The van der Waals surface area contributed by atoms with Gasteiger partial charge in [0.05, 0.1) is 7.11 Å². The molecule has 3 nitrogen and oxygen atoms in total. The number of ketones is 1. The molecule has 20 heavy (non-hydrogen) atoms. The molecular formula is C17H23NO2. The fourth-order valence-electron chi connectivity index (χ4n) is 3.66. The van der Waals surface area contributed by atoms with E-state index in [2.05, 4.69) is 5.32 Å². The van der Waals surface area contributed by atoms with Gasteiger partial charge in [0.15, 0.2) is 5.78 Å². The van der Waals surface area contributed by atoms with Gasteiger partial charge in [-0.1, -0.05) is 0 Å². The first-order valence-electron chi connectivity index (χ1n) is 7.47. The number of piperidine rings is 1. The maximum Gasteiger partial charge on any atom is 0.166 e. The van der Waals surface area contributed by atoms with Crippen LogP contribution in [0.5, 0.6) is 5.75 Å². The number of aryl methyl sites for hydroxylation is 2. The minimum atomic E-state index is 0.246. The quantitative estimate of drug-likeness (QED) is 0.861. The van der Waals surface area contributed by atoms with Crippen molar-refractivity contribution in [3.63, 3.8) is 0 Å². The number of benzene rings is 1. The summed E-state index contributed by atoms with van der Waals surface area (Å²) in [6.45, 7) is 6.13. The van der Waals surface area contributed by atoms with Gasteiger partial charge in [-0.25, -0.2) is 0 Å². The highest BCUT2D eigenvalue weighted by atomic mass is 16.5. The Morgan fingerprint density at radius 2 is 1.95 bits per heavy atom. The van der Waals surface area contributed by atoms with Crippen LogP contribution in [-0.2, 0) is 0 Å². The van der Waals surface area contributed by atoms with Crippen molar-refractivity contribution in [3.05, 3.63) is 28.8 Å². The second-order valence-electron chi connectivity index (χ2n) is 6.37. The van der Waals surface area contributed by atoms with E-state index in [1.54, 1.807) is 7.11 Å². The molecule has 1 aromatic rings. The number of nitrogens with one attached hydrogen (secondary N) is 1. The van der Waals surface area contributed by atoms with Crippen molar-refractivity contribution in [2.45, 2.75) is 33.1 Å². The van der Waals surface area contributed by atoms with Crippen LogP contribution in [-0.4, -0.2) is 26.0 Å². The van der Waals surface area contributed by atoms with E-state index >= 15 is 0 Å². The number of Topliss-reactive ketones (excluding diaryl/α,β-unsaturated/α-hetero) is 1. The SMILES string of the molecule is COc1cc(C)c(C(=O)C2CC23CCNCC3)cc1C. The number of rotatable bonds is 3. The molecule has 1 aliphatic heterocycles. The predicted molar refractivity (Wildman–Crippen MR) is 79.4 cm³/mol. The molecule has 2 fully saturated rings. The summed E-state index contributed by atoms with van der Waals surface area (Å²) in [5, 5.41) is 3.39. The fraction of sp³-hybridized carbons (Fsp3) is 0.588. The fourth-order valence-corrected chi connectivity index (χ4v) is 3.66. The van der Waals surface area contributed by atoms with Crippen LogP contribution < -0.4 is 10.1 Å². The molecule has 1 heterocycles. The Hall–Kier alpha value is -1.35. The molecule has 0 amide bonds.